The third-order valence-electron chi connectivity index (χ3n) is 3.87. The smallest absolute Gasteiger partial charge is 0.0934 e. The first kappa shape index (κ1) is 14.1. The number of fused-ring (bicyclic) bond motifs is 1. The van der Waals surface area contributed by atoms with Crippen LogP contribution in [-0.4, -0.2) is 11.7 Å². The molecule has 0 spiro atoms. The second kappa shape index (κ2) is 6.27. The van der Waals surface area contributed by atoms with Crippen molar-refractivity contribution in [1.29, 1.82) is 0 Å². The highest BCUT2D eigenvalue weighted by Crippen LogP contribution is 2.38. The Morgan fingerprint density at radius 3 is 2.90 bits per heavy atom. The summed E-state index contributed by atoms with van der Waals surface area (Å²) in [6.45, 7) is 0.105. The van der Waals surface area contributed by atoms with Crippen molar-refractivity contribution in [2.75, 3.05) is 6.61 Å². The van der Waals surface area contributed by atoms with Crippen molar-refractivity contribution in [3.8, 4) is 0 Å². The average Bonchev–Trinajstić information content (AvgIpc) is 2.86. The van der Waals surface area contributed by atoms with Crippen molar-refractivity contribution in [1.82, 2.24) is 5.32 Å². The molecule has 0 bridgehead atoms. The van der Waals surface area contributed by atoms with Crippen LogP contribution in [0.4, 0.5) is 0 Å². The lowest BCUT2D eigenvalue weighted by atomic mass is 9.92. The Balaban J connectivity index is 1.80. The maximum atomic E-state index is 9.68. The van der Waals surface area contributed by atoms with Crippen molar-refractivity contribution in [3.05, 3.63) is 56.7 Å². The fraction of sp³-hybridized carbons (Fsp3) is 0.375. The fourth-order valence-corrected chi connectivity index (χ4v) is 4.26. The van der Waals surface area contributed by atoms with E-state index in [0.29, 0.717) is 6.04 Å². The molecule has 20 heavy (non-hydrogen) atoms. The van der Waals surface area contributed by atoms with E-state index < -0.39 is 0 Å². The van der Waals surface area contributed by atoms with Gasteiger partial charge in [0.05, 0.1) is 17.0 Å². The van der Waals surface area contributed by atoms with Gasteiger partial charge >= 0.3 is 0 Å². The minimum Gasteiger partial charge on any atom is -0.394 e. The number of hydrogen-bond donors (Lipinski definition) is 2. The molecule has 1 heterocycles. The highest BCUT2D eigenvalue weighted by molar-refractivity contribution is 7.16. The summed E-state index contributed by atoms with van der Waals surface area (Å²) < 4.78 is 0.865. The number of nitrogens with one attached hydrogen (secondary N) is 1. The van der Waals surface area contributed by atoms with Crippen LogP contribution in [0, 0.1) is 0 Å². The van der Waals surface area contributed by atoms with E-state index >= 15 is 0 Å². The van der Waals surface area contributed by atoms with Gasteiger partial charge < -0.3 is 10.4 Å². The molecule has 0 fully saturated rings. The predicted molar refractivity (Wildman–Crippen MR) is 84.4 cm³/mol. The van der Waals surface area contributed by atoms with Crippen LogP contribution in [0.5, 0.6) is 0 Å². The van der Waals surface area contributed by atoms with Crippen LogP contribution < -0.4 is 5.32 Å². The van der Waals surface area contributed by atoms with Crippen LogP contribution in [0.25, 0.3) is 0 Å². The van der Waals surface area contributed by atoms with Gasteiger partial charge in [-0.15, -0.1) is 11.3 Å². The molecule has 0 saturated carbocycles. The van der Waals surface area contributed by atoms with Gasteiger partial charge in [0.2, 0.25) is 0 Å². The summed E-state index contributed by atoms with van der Waals surface area (Å²) >= 11 is 7.83. The van der Waals surface area contributed by atoms with Gasteiger partial charge in [0.15, 0.2) is 0 Å². The molecule has 1 aromatic heterocycles. The van der Waals surface area contributed by atoms with Crippen LogP contribution in [0.1, 0.15) is 40.9 Å². The van der Waals surface area contributed by atoms with Gasteiger partial charge in [-0.2, -0.15) is 0 Å². The minimum absolute atomic E-state index is 0.0224. The molecule has 0 aliphatic heterocycles. The SMILES string of the molecule is OCC(NC1CCCc2sc(Cl)cc21)c1ccccc1. The molecule has 106 valence electrons. The quantitative estimate of drug-likeness (QED) is 0.891. The van der Waals surface area contributed by atoms with E-state index in [1.165, 1.54) is 16.9 Å². The number of thiophene rings is 1. The largest absolute Gasteiger partial charge is 0.394 e. The highest BCUT2D eigenvalue weighted by Gasteiger charge is 2.25. The molecule has 1 aromatic carbocycles. The van der Waals surface area contributed by atoms with E-state index in [1.807, 2.05) is 18.2 Å². The number of benzene rings is 1. The fourth-order valence-electron chi connectivity index (χ4n) is 2.88. The first-order valence-corrected chi connectivity index (χ1v) is 8.17. The molecular weight excluding hydrogens is 290 g/mol. The van der Waals surface area contributed by atoms with Gasteiger partial charge in [-0.3, -0.25) is 0 Å². The zero-order chi connectivity index (χ0) is 13.9. The molecule has 2 atom stereocenters. The Morgan fingerprint density at radius 2 is 2.15 bits per heavy atom. The van der Waals surface area contributed by atoms with E-state index in [1.54, 1.807) is 11.3 Å². The first-order valence-electron chi connectivity index (χ1n) is 6.98. The molecule has 2 nitrogen and oxygen atoms in total. The van der Waals surface area contributed by atoms with Crippen LogP contribution in [0.3, 0.4) is 0 Å². The van der Waals surface area contributed by atoms with Crippen molar-refractivity contribution in [3.63, 3.8) is 0 Å². The number of aryl methyl sites for hydroxylation is 1. The van der Waals surface area contributed by atoms with Gasteiger partial charge in [-0.1, -0.05) is 41.9 Å². The third kappa shape index (κ3) is 2.91. The Morgan fingerprint density at radius 1 is 1.35 bits per heavy atom. The minimum atomic E-state index is -0.0224. The van der Waals surface area contributed by atoms with Crippen molar-refractivity contribution < 1.29 is 5.11 Å². The van der Waals surface area contributed by atoms with Gasteiger partial charge in [-0.05, 0) is 36.5 Å². The van der Waals surface area contributed by atoms with E-state index in [-0.39, 0.29) is 12.6 Å². The summed E-state index contributed by atoms with van der Waals surface area (Å²) in [4.78, 5) is 1.39. The monoisotopic (exact) mass is 307 g/mol. The number of aliphatic hydroxyl groups is 1. The van der Waals surface area contributed by atoms with Gasteiger partial charge in [0.1, 0.15) is 0 Å². The maximum absolute atomic E-state index is 9.68. The lowest BCUT2D eigenvalue weighted by Crippen LogP contribution is -2.30. The van der Waals surface area contributed by atoms with E-state index in [4.69, 9.17) is 11.6 Å². The lowest BCUT2D eigenvalue weighted by molar-refractivity contribution is 0.228. The first-order chi connectivity index (χ1) is 9.78. The number of halogens is 1. The van der Waals surface area contributed by atoms with Crippen molar-refractivity contribution in [2.24, 2.45) is 0 Å². The summed E-state index contributed by atoms with van der Waals surface area (Å²) in [5, 5.41) is 13.3. The predicted octanol–water partition coefficient (Wildman–Crippen LogP) is 4.10. The molecule has 0 radical (unpaired) electrons. The van der Waals surface area contributed by atoms with Crippen LogP contribution in [-0.2, 0) is 6.42 Å². The third-order valence-corrected chi connectivity index (χ3v) is 5.21. The van der Waals surface area contributed by atoms with Gasteiger partial charge in [0, 0.05) is 10.9 Å². The Bertz CT molecular complexity index is 569. The Hall–Kier alpha value is -0.870. The second-order valence-electron chi connectivity index (χ2n) is 5.19. The second-order valence-corrected chi connectivity index (χ2v) is 6.95. The van der Waals surface area contributed by atoms with Crippen molar-refractivity contribution in [2.45, 2.75) is 31.3 Å². The maximum Gasteiger partial charge on any atom is 0.0934 e. The van der Waals surface area contributed by atoms with E-state index in [9.17, 15) is 5.11 Å². The van der Waals surface area contributed by atoms with Gasteiger partial charge in [-0.25, -0.2) is 0 Å². The molecule has 4 heteroatoms. The number of rotatable bonds is 4. The zero-order valence-corrected chi connectivity index (χ0v) is 12.8. The molecule has 2 aromatic rings. The molecule has 2 N–H and O–H groups in total. The average molecular weight is 308 g/mol. The van der Waals surface area contributed by atoms with E-state index in [0.717, 1.165) is 22.7 Å². The summed E-state index contributed by atoms with van der Waals surface area (Å²) in [7, 11) is 0. The summed E-state index contributed by atoms with van der Waals surface area (Å²) in [5.41, 5.74) is 2.45. The summed E-state index contributed by atoms with van der Waals surface area (Å²) in [6.07, 6.45) is 3.40. The molecule has 0 amide bonds. The Labute approximate surface area is 128 Å². The van der Waals surface area contributed by atoms with Crippen LogP contribution in [0.2, 0.25) is 4.34 Å². The van der Waals surface area contributed by atoms with E-state index in [2.05, 4.69) is 23.5 Å². The number of aliphatic hydroxyl groups excluding tert-OH is 1. The molecule has 1 aliphatic rings. The highest BCUT2D eigenvalue weighted by atomic mass is 35.5. The molecular formula is C16H18ClNOS. The number of hydrogen-bond acceptors (Lipinski definition) is 3. The van der Waals surface area contributed by atoms with Gasteiger partial charge in [0.25, 0.3) is 0 Å². The lowest BCUT2D eigenvalue weighted by Gasteiger charge is -2.28. The van der Waals surface area contributed by atoms with Crippen molar-refractivity contribution >= 4 is 22.9 Å². The topological polar surface area (TPSA) is 32.3 Å². The standard InChI is InChI=1S/C16H18ClNOS/c17-16-9-12-13(7-4-8-15(12)20-16)18-14(10-19)11-5-2-1-3-6-11/h1-3,5-6,9,13-14,18-19H,4,7-8,10H2. The molecule has 3 rings (SSSR count). The van der Waals surface area contributed by atoms with Crippen LogP contribution in [0.15, 0.2) is 36.4 Å². The van der Waals surface area contributed by atoms with Crippen LogP contribution >= 0.6 is 22.9 Å². The molecule has 2 unspecified atom stereocenters. The summed E-state index contributed by atoms with van der Waals surface area (Å²) in [6, 6.07) is 12.5. The molecule has 0 saturated heterocycles. The normalized spacial score (nSPS) is 19.6. The summed E-state index contributed by atoms with van der Waals surface area (Å²) in [5.74, 6) is 0. The zero-order valence-electron chi connectivity index (χ0n) is 11.2. The Kier molecular flexibility index (Phi) is 4.41. The molecule has 1 aliphatic carbocycles.